The molecule has 0 unspecified atom stereocenters. The van der Waals surface area contributed by atoms with Gasteiger partial charge in [-0.25, -0.2) is 4.79 Å². The number of esters is 1. The summed E-state index contributed by atoms with van der Waals surface area (Å²) in [5.74, 6) is 2.41. The van der Waals surface area contributed by atoms with Crippen molar-refractivity contribution in [3.8, 4) is 11.8 Å². The first-order chi connectivity index (χ1) is 17.2. The minimum absolute atomic E-state index is 0.308. The van der Waals surface area contributed by atoms with E-state index in [-0.39, 0.29) is 0 Å². The van der Waals surface area contributed by atoms with Crippen molar-refractivity contribution in [2.45, 2.75) is 51.4 Å². The summed E-state index contributed by atoms with van der Waals surface area (Å²) in [7, 11) is 0. The van der Waals surface area contributed by atoms with Crippen molar-refractivity contribution in [2.75, 3.05) is 26.1 Å². The van der Waals surface area contributed by atoms with E-state index in [0.29, 0.717) is 18.4 Å². The molecule has 1 N–H and O–H groups in total. The second-order valence-electron chi connectivity index (χ2n) is 6.02. The van der Waals surface area contributed by atoms with E-state index in [0.717, 1.165) is 19.3 Å². The number of hydrogen-bond acceptors (Lipinski definition) is 4. The third-order valence-corrected chi connectivity index (χ3v) is 4.48. The van der Waals surface area contributed by atoms with Gasteiger partial charge in [0.15, 0.2) is 12.2 Å². The molecule has 1 aromatic carbocycles. The van der Waals surface area contributed by atoms with Crippen molar-refractivity contribution in [1.29, 1.82) is 0 Å². The SMILES string of the molecule is [2H]C([2H])(C#CCOC(=O)[C@@](O)(c1ccccc1)C1CCCCC1)N(C([2H])([2H])C([2H])([2H])[2H])C([2H])([2H])C([2H])([2H])[2H]. The zero-order valence-electron chi connectivity index (χ0n) is 26.4. The molecule has 0 heterocycles. The first-order valence-corrected chi connectivity index (χ1v) is 8.46. The minimum Gasteiger partial charge on any atom is -0.450 e. The molecule has 0 spiro atoms. The molecule has 1 saturated carbocycles. The van der Waals surface area contributed by atoms with Crippen molar-refractivity contribution in [3.63, 3.8) is 0 Å². The largest absolute Gasteiger partial charge is 0.450 e. The van der Waals surface area contributed by atoms with Crippen molar-refractivity contribution in [2.24, 2.45) is 5.92 Å². The highest BCUT2D eigenvalue weighted by Gasteiger charge is 2.46. The second-order valence-corrected chi connectivity index (χ2v) is 6.02. The molecular formula is C22H31NO3. The van der Waals surface area contributed by atoms with Gasteiger partial charge < -0.3 is 9.84 Å². The Hall–Kier alpha value is -1.83. The van der Waals surface area contributed by atoms with Gasteiger partial charge >= 0.3 is 5.97 Å². The van der Waals surface area contributed by atoms with E-state index in [1.165, 1.54) is 0 Å². The smallest absolute Gasteiger partial charge is 0.344 e. The van der Waals surface area contributed by atoms with Crippen molar-refractivity contribution in [1.82, 2.24) is 4.90 Å². The first kappa shape index (κ1) is 9.39. The Labute approximate surface area is 174 Å². The predicted molar refractivity (Wildman–Crippen MR) is 103 cm³/mol. The van der Waals surface area contributed by atoms with Gasteiger partial charge in [0.1, 0.15) is 0 Å². The van der Waals surface area contributed by atoms with Gasteiger partial charge in [0, 0.05) is 19.6 Å². The fourth-order valence-corrected chi connectivity index (χ4v) is 3.16. The van der Waals surface area contributed by atoms with E-state index in [1.54, 1.807) is 30.3 Å². The van der Waals surface area contributed by atoms with Crippen molar-refractivity contribution < 1.29 is 31.1 Å². The summed E-state index contributed by atoms with van der Waals surface area (Å²) in [5, 5.41) is 11.5. The highest BCUT2D eigenvalue weighted by molar-refractivity contribution is 5.81. The number of carbonyl (C=O) groups is 1. The third kappa shape index (κ3) is 5.09. The van der Waals surface area contributed by atoms with Crippen LogP contribution in [0.1, 0.15) is 67.8 Å². The lowest BCUT2D eigenvalue weighted by Crippen LogP contribution is -2.45. The zero-order chi connectivity index (χ0) is 29.2. The van der Waals surface area contributed by atoms with E-state index in [9.17, 15) is 9.90 Å². The van der Waals surface area contributed by atoms with Crippen LogP contribution in [0.4, 0.5) is 0 Å². The van der Waals surface area contributed by atoms with Crippen LogP contribution >= 0.6 is 0 Å². The fraction of sp³-hybridized carbons (Fsp3) is 0.591. The van der Waals surface area contributed by atoms with Gasteiger partial charge in [0.05, 0.1) is 9.24 Å². The number of carbonyl (C=O) groups excluding carboxylic acids is 1. The van der Waals surface area contributed by atoms with E-state index in [4.69, 9.17) is 21.2 Å². The maximum Gasteiger partial charge on any atom is 0.344 e. The molecule has 2 rings (SSSR count). The van der Waals surface area contributed by atoms with Crippen LogP contribution in [-0.4, -0.2) is 42.1 Å². The molecule has 1 aromatic rings. The summed E-state index contributed by atoms with van der Waals surface area (Å²) in [4.78, 5) is 12.5. The van der Waals surface area contributed by atoms with Crippen LogP contribution in [-0.2, 0) is 15.1 Å². The molecule has 1 aliphatic carbocycles. The quantitative estimate of drug-likeness (QED) is 0.591. The number of benzene rings is 1. The van der Waals surface area contributed by atoms with Gasteiger partial charge in [-0.15, -0.1) is 0 Å². The lowest BCUT2D eigenvalue weighted by atomic mass is 9.73. The number of nitrogens with zero attached hydrogens (tertiary/aromatic N) is 1. The van der Waals surface area contributed by atoms with Crippen molar-refractivity contribution in [3.05, 3.63) is 35.9 Å². The van der Waals surface area contributed by atoms with Crippen LogP contribution in [0.15, 0.2) is 30.3 Å². The number of ether oxygens (including phenoxy) is 1. The number of aliphatic hydroxyl groups is 1. The average Bonchev–Trinajstić information content (AvgIpc) is 2.80. The molecule has 0 radical (unpaired) electrons. The number of hydrogen-bond donors (Lipinski definition) is 1. The molecule has 4 heteroatoms. The zero-order valence-corrected chi connectivity index (χ0v) is 14.4. The number of rotatable bonds is 7. The predicted octanol–water partition coefficient (Wildman–Crippen LogP) is 3.34. The average molecular weight is 370 g/mol. The Morgan fingerprint density at radius 3 is 2.62 bits per heavy atom. The van der Waals surface area contributed by atoms with Gasteiger partial charge in [-0.05, 0) is 31.4 Å². The van der Waals surface area contributed by atoms with Crippen molar-refractivity contribution >= 4 is 5.97 Å². The molecule has 0 bridgehead atoms. The molecule has 1 atom stereocenters. The van der Waals surface area contributed by atoms with Gasteiger partial charge in [0.2, 0.25) is 0 Å². The highest BCUT2D eigenvalue weighted by Crippen LogP contribution is 2.40. The van der Waals surface area contributed by atoms with Crippen LogP contribution in [0.2, 0.25) is 0 Å². The Kier molecular flexibility index (Phi) is 3.74. The van der Waals surface area contributed by atoms with Gasteiger partial charge in [-0.2, -0.15) is 0 Å². The Balaban J connectivity index is 2.36. The van der Waals surface area contributed by atoms with Gasteiger partial charge in [-0.1, -0.05) is 75.1 Å². The van der Waals surface area contributed by atoms with Gasteiger partial charge in [0.25, 0.3) is 0 Å². The maximum atomic E-state index is 13.1. The van der Waals surface area contributed by atoms with Crippen LogP contribution in [0.5, 0.6) is 0 Å². The summed E-state index contributed by atoms with van der Waals surface area (Å²) in [6, 6.07) is 8.16. The Bertz CT molecular complexity index is 998. The van der Waals surface area contributed by atoms with Crippen LogP contribution in [0.3, 0.4) is 0 Å². The lowest BCUT2D eigenvalue weighted by molar-refractivity contribution is -0.174. The second kappa shape index (κ2) is 10.4. The topological polar surface area (TPSA) is 49.8 Å². The normalized spacial score (nSPS) is 26.7. The van der Waals surface area contributed by atoms with Crippen LogP contribution < -0.4 is 0 Å². The fourth-order valence-electron chi connectivity index (χ4n) is 3.16. The van der Waals surface area contributed by atoms with E-state index in [1.807, 2.05) is 5.92 Å². The molecule has 142 valence electrons. The summed E-state index contributed by atoms with van der Waals surface area (Å²) >= 11 is 0. The Morgan fingerprint density at radius 2 is 1.96 bits per heavy atom. The first-order valence-electron chi connectivity index (χ1n) is 14.5. The molecule has 4 nitrogen and oxygen atoms in total. The monoisotopic (exact) mass is 369 g/mol. The summed E-state index contributed by atoms with van der Waals surface area (Å²) in [6.07, 6.45) is 3.71. The molecule has 0 aromatic heterocycles. The molecular weight excluding hydrogens is 326 g/mol. The summed E-state index contributed by atoms with van der Waals surface area (Å²) in [6.45, 7) is -19.2. The molecule has 1 aliphatic rings. The maximum absolute atomic E-state index is 13.1. The third-order valence-electron chi connectivity index (χ3n) is 4.48. The van der Waals surface area contributed by atoms with E-state index in [2.05, 4.69) is 5.92 Å². The summed E-state index contributed by atoms with van der Waals surface area (Å²) in [5.41, 5.74) is -1.70. The molecule has 0 amide bonds. The van der Waals surface area contributed by atoms with Crippen LogP contribution in [0.25, 0.3) is 0 Å². The molecule has 1 fully saturated rings. The molecule has 26 heavy (non-hydrogen) atoms. The molecule has 0 aliphatic heterocycles. The highest BCUT2D eigenvalue weighted by atomic mass is 16.5. The standard InChI is InChI=1S/C22H31NO3/c1-3-23(4-2)17-11-12-18-26-21(24)22(25,19-13-7-5-8-14-19)20-15-9-6-10-16-20/h5,7-8,13-14,20,25H,3-4,6,9-10,15-18H2,1-2H3/t22-/m1/s1/i1D3,2D3,3D2,4D2,17D2. The Morgan fingerprint density at radius 1 is 1.27 bits per heavy atom. The van der Waals surface area contributed by atoms with Crippen LogP contribution in [0, 0.1) is 17.8 Å². The lowest BCUT2D eigenvalue weighted by Gasteiger charge is -2.36. The van der Waals surface area contributed by atoms with E-state index < -0.39 is 62.2 Å². The minimum atomic E-state index is -3.80. The van der Waals surface area contributed by atoms with E-state index >= 15 is 0 Å². The summed E-state index contributed by atoms with van der Waals surface area (Å²) < 4.78 is 97.3. The van der Waals surface area contributed by atoms with Gasteiger partial charge in [-0.3, -0.25) is 4.90 Å². The molecule has 0 saturated heterocycles.